The van der Waals surface area contributed by atoms with E-state index in [0.29, 0.717) is 17.9 Å². The lowest BCUT2D eigenvalue weighted by molar-refractivity contribution is -0.0162. The lowest BCUT2D eigenvalue weighted by Gasteiger charge is -2.44. The number of methoxy groups -OCH3 is 2. The van der Waals surface area contributed by atoms with Gasteiger partial charge >= 0.3 is 0 Å². The Hall–Kier alpha value is -2.40. The van der Waals surface area contributed by atoms with Gasteiger partial charge in [0.2, 0.25) is 0 Å². The van der Waals surface area contributed by atoms with Gasteiger partial charge < -0.3 is 24.8 Å². The maximum atomic E-state index is 11.2. The molecule has 0 amide bonds. The summed E-state index contributed by atoms with van der Waals surface area (Å²) in [5.41, 5.74) is 1.69. The molecule has 134 valence electrons. The molecule has 3 N–H and O–H groups in total. The minimum Gasteiger partial charge on any atom is -0.504 e. The van der Waals surface area contributed by atoms with E-state index >= 15 is 0 Å². The molecule has 2 aromatic carbocycles. The Morgan fingerprint density at radius 2 is 1.64 bits per heavy atom. The molecule has 0 fully saturated rings. The molecule has 0 heterocycles. The van der Waals surface area contributed by atoms with Crippen molar-refractivity contribution in [2.45, 2.75) is 31.8 Å². The molecule has 0 saturated heterocycles. The molecule has 0 spiro atoms. The van der Waals surface area contributed by atoms with Crippen LogP contribution in [-0.4, -0.2) is 35.1 Å². The van der Waals surface area contributed by atoms with Crippen LogP contribution >= 0.6 is 0 Å². The molecule has 0 aliphatic heterocycles. The average molecular weight is 344 g/mol. The summed E-state index contributed by atoms with van der Waals surface area (Å²) < 4.78 is 10.4. The first-order valence-corrected chi connectivity index (χ1v) is 8.28. The van der Waals surface area contributed by atoms with Gasteiger partial charge in [-0.25, -0.2) is 0 Å². The summed E-state index contributed by atoms with van der Waals surface area (Å²) in [5.74, 6) is 0.506. The SMILES string of the molecule is COc1cc(C2c3cc(O)c(OC)cc3CC(C)C2(C)O)ccc1O. The van der Waals surface area contributed by atoms with Crippen molar-refractivity contribution in [3.8, 4) is 23.0 Å². The van der Waals surface area contributed by atoms with Crippen LogP contribution in [0.1, 0.15) is 36.5 Å². The van der Waals surface area contributed by atoms with Gasteiger partial charge in [0.15, 0.2) is 23.0 Å². The lowest BCUT2D eigenvalue weighted by atomic mass is 9.65. The van der Waals surface area contributed by atoms with Crippen LogP contribution in [0.4, 0.5) is 0 Å². The Morgan fingerprint density at radius 3 is 2.28 bits per heavy atom. The molecular formula is C20H24O5. The number of fused-ring (bicyclic) bond motifs is 1. The van der Waals surface area contributed by atoms with Crippen molar-refractivity contribution in [2.75, 3.05) is 14.2 Å². The van der Waals surface area contributed by atoms with Crippen LogP contribution in [-0.2, 0) is 6.42 Å². The lowest BCUT2D eigenvalue weighted by Crippen LogP contribution is -2.44. The first kappa shape index (κ1) is 17.4. The first-order valence-electron chi connectivity index (χ1n) is 8.28. The molecule has 5 nitrogen and oxygen atoms in total. The Morgan fingerprint density at radius 1 is 1.00 bits per heavy atom. The zero-order valence-corrected chi connectivity index (χ0v) is 14.9. The molecule has 2 aromatic rings. The molecule has 0 radical (unpaired) electrons. The van der Waals surface area contributed by atoms with E-state index in [0.717, 1.165) is 16.7 Å². The second-order valence-electron chi connectivity index (χ2n) is 6.92. The van der Waals surface area contributed by atoms with E-state index in [2.05, 4.69) is 0 Å². The van der Waals surface area contributed by atoms with Crippen molar-refractivity contribution < 1.29 is 24.8 Å². The van der Waals surface area contributed by atoms with Crippen molar-refractivity contribution in [2.24, 2.45) is 5.92 Å². The van der Waals surface area contributed by atoms with Gasteiger partial charge in [-0.3, -0.25) is 0 Å². The Balaban J connectivity index is 2.22. The molecule has 25 heavy (non-hydrogen) atoms. The van der Waals surface area contributed by atoms with Gasteiger partial charge in [0, 0.05) is 5.92 Å². The zero-order valence-electron chi connectivity index (χ0n) is 14.9. The van der Waals surface area contributed by atoms with Crippen molar-refractivity contribution in [1.29, 1.82) is 0 Å². The van der Waals surface area contributed by atoms with Crippen LogP contribution in [0.15, 0.2) is 30.3 Å². The summed E-state index contributed by atoms with van der Waals surface area (Å²) in [6.45, 7) is 3.82. The van der Waals surface area contributed by atoms with Crippen LogP contribution in [0.3, 0.4) is 0 Å². The van der Waals surface area contributed by atoms with Crippen LogP contribution in [0.2, 0.25) is 0 Å². The maximum Gasteiger partial charge on any atom is 0.160 e. The molecule has 0 bridgehead atoms. The van der Waals surface area contributed by atoms with E-state index in [1.165, 1.54) is 14.2 Å². The van der Waals surface area contributed by atoms with Crippen molar-refractivity contribution in [1.82, 2.24) is 0 Å². The summed E-state index contributed by atoms with van der Waals surface area (Å²) in [6, 6.07) is 8.57. The largest absolute Gasteiger partial charge is 0.504 e. The van der Waals surface area contributed by atoms with E-state index < -0.39 is 5.60 Å². The number of aliphatic hydroxyl groups is 1. The highest BCUT2D eigenvalue weighted by Crippen LogP contribution is 2.49. The average Bonchev–Trinajstić information content (AvgIpc) is 2.57. The fourth-order valence-electron chi connectivity index (χ4n) is 3.76. The standard InChI is InChI=1S/C20H24O5/c1-11-7-13-9-18(25-4)16(22)10-14(13)19(20(11,2)23)12-5-6-15(21)17(8-12)24-3/h5-6,8-11,19,21-23H,7H2,1-4H3. The molecule has 0 aromatic heterocycles. The number of hydrogen-bond donors (Lipinski definition) is 3. The minimum atomic E-state index is -1.02. The quantitative estimate of drug-likeness (QED) is 0.797. The highest BCUT2D eigenvalue weighted by atomic mass is 16.5. The van der Waals surface area contributed by atoms with Crippen molar-refractivity contribution in [3.63, 3.8) is 0 Å². The van der Waals surface area contributed by atoms with Crippen LogP contribution < -0.4 is 9.47 Å². The Labute approximate surface area is 147 Å². The van der Waals surface area contributed by atoms with E-state index in [1.807, 2.05) is 19.9 Å². The zero-order chi connectivity index (χ0) is 18.4. The van der Waals surface area contributed by atoms with Gasteiger partial charge in [0.05, 0.1) is 19.8 Å². The molecule has 3 rings (SSSR count). The minimum absolute atomic E-state index is 0.000882. The topological polar surface area (TPSA) is 79.2 Å². The van der Waals surface area contributed by atoms with Crippen molar-refractivity contribution in [3.05, 3.63) is 47.0 Å². The van der Waals surface area contributed by atoms with Gasteiger partial charge in [-0.05, 0) is 60.2 Å². The number of ether oxygens (including phenoxy) is 2. The third kappa shape index (κ3) is 2.78. The second-order valence-corrected chi connectivity index (χ2v) is 6.92. The first-order chi connectivity index (χ1) is 11.8. The third-order valence-corrected chi connectivity index (χ3v) is 5.40. The number of rotatable bonds is 3. The van der Waals surface area contributed by atoms with Gasteiger partial charge in [-0.1, -0.05) is 13.0 Å². The predicted octanol–water partition coefficient (Wildman–Crippen LogP) is 3.19. The Kier molecular flexibility index (Phi) is 4.29. The van der Waals surface area contributed by atoms with Crippen LogP contribution in [0.5, 0.6) is 23.0 Å². The van der Waals surface area contributed by atoms with Crippen LogP contribution in [0.25, 0.3) is 0 Å². The number of hydrogen-bond acceptors (Lipinski definition) is 5. The summed E-state index contributed by atoms with van der Waals surface area (Å²) in [6.07, 6.45) is 0.685. The molecular weight excluding hydrogens is 320 g/mol. The van der Waals surface area contributed by atoms with Gasteiger partial charge in [-0.2, -0.15) is 0 Å². The summed E-state index contributed by atoms with van der Waals surface area (Å²) >= 11 is 0. The maximum absolute atomic E-state index is 11.2. The summed E-state index contributed by atoms with van der Waals surface area (Å²) in [7, 11) is 3.01. The third-order valence-electron chi connectivity index (χ3n) is 5.40. The highest BCUT2D eigenvalue weighted by molar-refractivity contribution is 5.54. The van der Waals surface area contributed by atoms with Crippen molar-refractivity contribution >= 4 is 0 Å². The van der Waals surface area contributed by atoms with Gasteiger partial charge in [0.1, 0.15) is 0 Å². The second kappa shape index (κ2) is 6.15. The van der Waals surface area contributed by atoms with E-state index in [4.69, 9.17) is 9.47 Å². The summed E-state index contributed by atoms with van der Waals surface area (Å²) in [5, 5.41) is 31.4. The predicted molar refractivity (Wildman–Crippen MR) is 94.7 cm³/mol. The van der Waals surface area contributed by atoms with E-state index in [1.54, 1.807) is 24.3 Å². The normalized spacial score (nSPS) is 25.3. The number of aromatic hydroxyl groups is 2. The van der Waals surface area contributed by atoms with Crippen LogP contribution in [0, 0.1) is 5.92 Å². The molecule has 3 atom stereocenters. The fourth-order valence-corrected chi connectivity index (χ4v) is 3.76. The Bertz CT molecular complexity index is 797. The number of benzene rings is 2. The molecule has 1 aliphatic rings. The van der Waals surface area contributed by atoms with E-state index in [9.17, 15) is 15.3 Å². The number of phenols is 2. The fraction of sp³-hybridized carbons (Fsp3) is 0.400. The highest BCUT2D eigenvalue weighted by Gasteiger charge is 2.44. The molecule has 5 heteroatoms. The molecule has 3 unspecified atom stereocenters. The van der Waals surface area contributed by atoms with Gasteiger partial charge in [0.25, 0.3) is 0 Å². The smallest absolute Gasteiger partial charge is 0.160 e. The monoisotopic (exact) mass is 344 g/mol. The van der Waals surface area contributed by atoms with E-state index in [-0.39, 0.29) is 23.3 Å². The molecule has 0 saturated carbocycles. The van der Waals surface area contributed by atoms with Gasteiger partial charge in [-0.15, -0.1) is 0 Å². The number of phenolic OH excluding ortho intramolecular Hbond substituents is 2. The summed E-state index contributed by atoms with van der Waals surface area (Å²) in [4.78, 5) is 0. The molecule has 1 aliphatic carbocycles.